The van der Waals surface area contributed by atoms with Crippen LogP contribution in [-0.4, -0.2) is 37.3 Å². The topological polar surface area (TPSA) is 61.8 Å². The Morgan fingerprint density at radius 1 is 1.47 bits per heavy atom. The highest BCUT2D eigenvalue weighted by atomic mass is 16.5. The summed E-state index contributed by atoms with van der Waals surface area (Å²) in [4.78, 5) is 13.2. The molecule has 104 valence electrons. The van der Waals surface area contributed by atoms with E-state index in [4.69, 9.17) is 4.74 Å². The molecule has 1 aliphatic rings. The molecule has 1 unspecified atom stereocenters. The molecule has 2 N–H and O–H groups in total. The van der Waals surface area contributed by atoms with Crippen LogP contribution in [0.25, 0.3) is 0 Å². The Morgan fingerprint density at radius 2 is 2.16 bits per heavy atom. The molecule has 0 aliphatic carbocycles. The average molecular weight is 264 g/mol. The molecule has 1 aromatic carbocycles. The van der Waals surface area contributed by atoms with Gasteiger partial charge in [0.2, 0.25) is 0 Å². The number of aliphatic hydroxyl groups is 1. The van der Waals surface area contributed by atoms with Crippen LogP contribution in [0.4, 0.5) is 5.69 Å². The first-order valence-electron chi connectivity index (χ1n) is 6.27. The van der Waals surface area contributed by atoms with Gasteiger partial charge in [-0.2, -0.15) is 0 Å². The van der Waals surface area contributed by atoms with Gasteiger partial charge in [0.25, 0.3) is 5.91 Å². The summed E-state index contributed by atoms with van der Waals surface area (Å²) in [6, 6.07) is 5.40. The van der Waals surface area contributed by atoms with Crippen LogP contribution in [0.5, 0.6) is 5.75 Å². The van der Waals surface area contributed by atoms with Gasteiger partial charge in [0.1, 0.15) is 5.75 Å². The van der Waals surface area contributed by atoms with Crippen molar-refractivity contribution < 1.29 is 14.6 Å². The van der Waals surface area contributed by atoms with Gasteiger partial charge in [0.15, 0.2) is 6.61 Å². The van der Waals surface area contributed by atoms with Gasteiger partial charge in [-0.15, -0.1) is 0 Å². The van der Waals surface area contributed by atoms with Crippen molar-refractivity contribution in [1.82, 2.24) is 5.32 Å². The van der Waals surface area contributed by atoms with Crippen molar-refractivity contribution in [3.63, 3.8) is 0 Å². The molecule has 0 radical (unpaired) electrons. The zero-order valence-electron chi connectivity index (χ0n) is 11.7. The fraction of sp³-hybridized carbons (Fsp3) is 0.500. The Hall–Kier alpha value is -1.59. The number of fused-ring (bicyclic) bond motifs is 1. The Kier molecular flexibility index (Phi) is 3.52. The number of ether oxygens (including phenoxy) is 1. The average Bonchev–Trinajstić information content (AvgIpc) is 2.33. The van der Waals surface area contributed by atoms with E-state index < -0.39 is 5.60 Å². The van der Waals surface area contributed by atoms with Crippen LogP contribution in [0.3, 0.4) is 0 Å². The normalized spacial score (nSPS) is 16.9. The molecule has 0 saturated carbocycles. The van der Waals surface area contributed by atoms with Crippen LogP contribution in [0.2, 0.25) is 0 Å². The number of nitrogens with zero attached hydrogens (tertiary/aromatic N) is 1. The van der Waals surface area contributed by atoms with E-state index in [-0.39, 0.29) is 18.6 Å². The van der Waals surface area contributed by atoms with Gasteiger partial charge in [-0.25, -0.2) is 0 Å². The second-order valence-electron chi connectivity index (χ2n) is 5.34. The Bertz CT molecular complexity index is 494. The van der Waals surface area contributed by atoms with Gasteiger partial charge in [0, 0.05) is 7.05 Å². The molecule has 2 rings (SSSR count). The smallest absolute Gasteiger partial charge is 0.264 e. The van der Waals surface area contributed by atoms with Gasteiger partial charge in [-0.3, -0.25) is 4.79 Å². The Balaban J connectivity index is 2.42. The van der Waals surface area contributed by atoms with Crippen LogP contribution in [-0.2, 0) is 4.79 Å². The lowest BCUT2D eigenvalue weighted by atomic mass is 9.91. The van der Waals surface area contributed by atoms with Crippen molar-refractivity contribution in [3.05, 3.63) is 23.8 Å². The third kappa shape index (κ3) is 2.57. The molecule has 1 heterocycles. The molecular formula is C14H20N2O3. The van der Waals surface area contributed by atoms with Crippen molar-refractivity contribution in [2.75, 3.05) is 25.6 Å². The third-order valence-electron chi connectivity index (χ3n) is 3.40. The third-order valence-corrected chi connectivity index (χ3v) is 3.40. The first-order valence-corrected chi connectivity index (χ1v) is 6.27. The number of hydrogen-bond donors (Lipinski definition) is 2. The summed E-state index contributed by atoms with van der Waals surface area (Å²) in [6.07, 6.45) is 0. The molecule has 0 bridgehead atoms. The molecule has 0 spiro atoms. The van der Waals surface area contributed by atoms with Crippen LogP contribution >= 0.6 is 0 Å². The molecule has 0 fully saturated rings. The number of amides is 1. The lowest BCUT2D eigenvalue weighted by Crippen LogP contribution is -2.38. The summed E-state index contributed by atoms with van der Waals surface area (Å²) in [6.45, 7) is 3.57. The van der Waals surface area contributed by atoms with Crippen molar-refractivity contribution in [1.29, 1.82) is 0 Å². The molecule has 0 aromatic heterocycles. The highest BCUT2D eigenvalue weighted by molar-refractivity contribution is 5.97. The van der Waals surface area contributed by atoms with Gasteiger partial charge in [-0.05, 0) is 38.6 Å². The molecule has 1 aliphatic heterocycles. The van der Waals surface area contributed by atoms with E-state index in [1.807, 2.05) is 18.2 Å². The zero-order chi connectivity index (χ0) is 14.2. The summed E-state index contributed by atoms with van der Waals surface area (Å²) in [5.74, 6) is 0.616. The lowest BCUT2D eigenvalue weighted by Gasteiger charge is -2.32. The number of benzene rings is 1. The minimum atomic E-state index is -0.902. The maximum atomic E-state index is 11.6. The lowest BCUT2D eigenvalue weighted by molar-refractivity contribution is -0.120. The predicted octanol–water partition coefficient (Wildman–Crippen LogP) is 1.07. The Morgan fingerprint density at radius 3 is 2.74 bits per heavy atom. The summed E-state index contributed by atoms with van der Waals surface area (Å²) >= 11 is 0. The van der Waals surface area contributed by atoms with Gasteiger partial charge in [0.05, 0.1) is 17.3 Å². The predicted molar refractivity (Wildman–Crippen MR) is 73.4 cm³/mol. The largest absolute Gasteiger partial charge is 0.482 e. The number of rotatable bonds is 3. The van der Waals surface area contributed by atoms with E-state index in [1.165, 1.54) is 0 Å². The Labute approximate surface area is 113 Å². The standard InChI is InChI=1S/C14H20N2O3/c1-14(2,18)13(15-3)9-5-6-11-10(7-9)16(4)12(17)8-19-11/h5-7,13,15,18H,8H2,1-4H3. The second kappa shape index (κ2) is 4.83. The summed E-state index contributed by atoms with van der Waals surface area (Å²) < 4.78 is 5.39. The molecule has 1 atom stereocenters. The zero-order valence-corrected chi connectivity index (χ0v) is 11.7. The highest BCUT2D eigenvalue weighted by Crippen LogP contribution is 2.35. The number of hydrogen-bond acceptors (Lipinski definition) is 4. The number of carbonyl (C=O) groups excluding carboxylic acids is 1. The van der Waals surface area contributed by atoms with E-state index in [0.29, 0.717) is 5.75 Å². The molecular weight excluding hydrogens is 244 g/mol. The van der Waals surface area contributed by atoms with Crippen LogP contribution in [0, 0.1) is 0 Å². The quantitative estimate of drug-likeness (QED) is 0.857. The summed E-state index contributed by atoms with van der Waals surface area (Å²) in [5, 5.41) is 13.3. The molecule has 0 saturated heterocycles. The van der Waals surface area contributed by atoms with Crippen LogP contribution < -0.4 is 15.0 Å². The van der Waals surface area contributed by atoms with Crippen LogP contribution in [0.1, 0.15) is 25.5 Å². The second-order valence-corrected chi connectivity index (χ2v) is 5.34. The molecule has 1 amide bonds. The maximum Gasteiger partial charge on any atom is 0.264 e. The summed E-state index contributed by atoms with van der Waals surface area (Å²) in [5.41, 5.74) is 0.748. The fourth-order valence-corrected chi connectivity index (χ4v) is 2.40. The van der Waals surface area contributed by atoms with Gasteiger partial charge < -0.3 is 20.1 Å². The molecule has 5 nitrogen and oxygen atoms in total. The van der Waals surface area contributed by atoms with Crippen molar-refractivity contribution >= 4 is 11.6 Å². The molecule has 1 aromatic rings. The number of likely N-dealkylation sites (N-methyl/N-ethyl adjacent to an activating group) is 2. The van der Waals surface area contributed by atoms with E-state index in [9.17, 15) is 9.90 Å². The van der Waals surface area contributed by atoms with Crippen LogP contribution in [0.15, 0.2) is 18.2 Å². The van der Waals surface area contributed by atoms with E-state index >= 15 is 0 Å². The van der Waals surface area contributed by atoms with Crippen molar-refractivity contribution in [2.24, 2.45) is 0 Å². The van der Waals surface area contributed by atoms with E-state index in [2.05, 4.69) is 5.32 Å². The SMILES string of the molecule is CNC(c1ccc2c(c1)N(C)C(=O)CO2)C(C)(C)O. The summed E-state index contributed by atoms with van der Waals surface area (Å²) in [7, 11) is 3.53. The van der Waals surface area contributed by atoms with E-state index in [1.54, 1.807) is 32.8 Å². The maximum absolute atomic E-state index is 11.6. The van der Waals surface area contributed by atoms with Gasteiger partial charge in [-0.1, -0.05) is 6.07 Å². The number of anilines is 1. The van der Waals surface area contributed by atoms with Crippen molar-refractivity contribution in [2.45, 2.75) is 25.5 Å². The molecule has 19 heavy (non-hydrogen) atoms. The molecule has 5 heteroatoms. The monoisotopic (exact) mass is 264 g/mol. The van der Waals surface area contributed by atoms with Gasteiger partial charge >= 0.3 is 0 Å². The first kappa shape index (κ1) is 13.8. The minimum Gasteiger partial charge on any atom is -0.482 e. The van der Waals surface area contributed by atoms with E-state index in [0.717, 1.165) is 11.3 Å². The van der Waals surface area contributed by atoms with Crippen molar-refractivity contribution in [3.8, 4) is 5.75 Å². The minimum absolute atomic E-state index is 0.0732. The number of carbonyl (C=O) groups is 1. The first-order chi connectivity index (χ1) is 8.84. The highest BCUT2D eigenvalue weighted by Gasteiger charge is 2.29. The fourth-order valence-electron chi connectivity index (χ4n) is 2.40. The number of nitrogens with one attached hydrogen (secondary N) is 1.